The molecule has 0 aliphatic carbocycles. The molecule has 1 aromatic heterocycles. The molecule has 1 aromatic rings. The van der Waals surface area contributed by atoms with Gasteiger partial charge in [-0.15, -0.1) is 0 Å². The summed E-state index contributed by atoms with van der Waals surface area (Å²) in [6.07, 6.45) is 2.49. The zero-order valence-corrected chi connectivity index (χ0v) is 9.13. The van der Waals surface area contributed by atoms with Crippen molar-refractivity contribution in [3.63, 3.8) is 0 Å². The van der Waals surface area contributed by atoms with Crippen molar-refractivity contribution in [1.29, 1.82) is 0 Å². The lowest BCUT2D eigenvalue weighted by molar-refractivity contribution is -0.140. The maximum Gasteiger partial charge on any atom is 0.306 e. The third-order valence-electron chi connectivity index (χ3n) is 2.53. The van der Waals surface area contributed by atoms with Gasteiger partial charge in [-0.2, -0.15) is 0 Å². The highest BCUT2D eigenvalue weighted by atomic mass is 16.5. The molecule has 0 aromatic carbocycles. The first-order chi connectivity index (χ1) is 8.16. The lowest BCUT2D eigenvalue weighted by Gasteiger charge is -2.32. The molecule has 2 N–H and O–H groups in total. The molecule has 1 atom stereocenters. The van der Waals surface area contributed by atoms with Crippen molar-refractivity contribution < 1.29 is 14.6 Å². The van der Waals surface area contributed by atoms with Gasteiger partial charge in [0.25, 0.3) is 5.56 Å². The molecule has 0 spiro atoms. The first-order valence-electron chi connectivity index (χ1n) is 5.29. The van der Waals surface area contributed by atoms with Gasteiger partial charge in [0.1, 0.15) is 0 Å². The number of aromatic nitrogens is 2. The van der Waals surface area contributed by atoms with Crippen LogP contribution in [0, 0.1) is 0 Å². The topological polar surface area (TPSA) is 95.5 Å². The van der Waals surface area contributed by atoms with Crippen LogP contribution in [0.4, 0.5) is 5.82 Å². The number of anilines is 1. The fourth-order valence-electron chi connectivity index (χ4n) is 1.80. The molecular formula is C10H13N3O4. The summed E-state index contributed by atoms with van der Waals surface area (Å²) in [4.78, 5) is 30.4. The number of hydrogen-bond acceptors (Lipinski definition) is 5. The smallest absolute Gasteiger partial charge is 0.306 e. The van der Waals surface area contributed by atoms with Crippen molar-refractivity contribution in [3.8, 4) is 0 Å². The van der Waals surface area contributed by atoms with Gasteiger partial charge in [0.05, 0.1) is 19.1 Å². The fraction of sp³-hybridized carbons (Fsp3) is 0.500. The van der Waals surface area contributed by atoms with E-state index in [0.717, 1.165) is 0 Å². The molecule has 92 valence electrons. The SMILES string of the molecule is O=C(O)CC1CN(c2ncc[nH]c2=O)CCO1. The Balaban J connectivity index is 2.10. The van der Waals surface area contributed by atoms with Gasteiger partial charge in [-0.1, -0.05) is 0 Å². The number of aromatic amines is 1. The largest absolute Gasteiger partial charge is 0.481 e. The molecule has 0 bridgehead atoms. The molecule has 2 heterocycles. The Hall–Kier alpha value is -1.89. The van der Waals surface area contributed by atoms with E-state index in [1.54, 1.807) is 4.90 Å². The highest BCUT2D eigenvalue weighted by Crippen LogP contribution is 2.12. The lowest BCUT2D eigenvalue weighted by atomic mass is 10.2. The van der Waals surface area contributed by atoms with E-state index < -0.39 is 12.1 Å². The van der Waals surface area contributed by atoms with Crippen molar-refractivity contribution in [1.82, 2.24) is 9.97 Å². The number of carbonyl (C=O) groups is 1. The Kier molecular flexibility index (Phi) is 3.38. The van der Waals surface area contributed by atoms with Crippen LogP contribution in [0.25, 0.3) is 0 Å². The van der Waals surface area contributed by atoms with Gasteiger partial charge < -0.3 is 19.7 Å². The predicted molar refractivity (Wildman–Crippen MR) is 59.1 cm³/mol. The van der Waals surface area contributed by atoms with Crippen LogP contribution in [-0.2, 0) is 9.53 Å². The van der Waals surface area contributed by atoms with E-state index in [2.05, 4.69) is 9.97 Å². The van der Waals surface area contributed by atoms with E-state index in [9.17, 15) is 9.59 Å². The van der Waals surface area contributed by atoms with Crippen LogP contribution in [0.2, 0.25) is 0 Å². The number of morpholine rings is 1. The van der Waals surface area contributed by atoms with Gasteiger partial charge >= 0.3 is 5.97 Å². The summed E-state index contributed by atoms with van der Waals surface area (Å²) >= 11 is 0. The maximum absolute atomic E-state index is 11.5. The normalized spacial score (nSPS) is 20.2. The van der Waals surface area contributed by atoms with Gasteiger partial charge in [-0.25, -0.2) is 4.98 Å². The summed E-state index contributed by atoms with van der Waals surface area (Å²) in [6.45, 7) is 1.30. The van der Waals surface area contributed by atoms with E-state index >= 15 is 0 Å². The van der Waals surface area contributed by atoms with Crippen molar-refractivity contribution >= 4 is 11.8 Å². The number of carboxylic acid groups (broad SMARTS) is 1. The Bertz CT molecular complexity index is 459. The Morgan fingerprint density at radius 3 is 3.24 bits per heavy atom. The molecule has 1 aliphatic rings. The quantitative estimate of drug-likeness (QED) is 0.734. The summed E-state index contributed by atoms with van der Waals surface area (Å²) in [5.74, 6) is -0.599. The van der Waals surface area contributed by atoms with E-state index in [0.29, 0.717) is 25.5 Å². The Morgan fingerprint density at radius 1 is 1.71 bits per heavy atom. The fourth-order valence-corrected chi connectivity index (χ4v) is 1.80. The molecular weight excluding hydrogens is 226 g/mol. The number of hydrogen-bond donors (Lipinski definition) is 2. The van der Waals surface area contributed by atoms with Crippen molar-refractivity contribution in [2.75, 3.05) is 24.6 Å². The average Bonchev–Trinajstić information content (AvgIpc) is 2.29. The van der Waals surface area contributed by atoms with Crippen LogP contribution in [0.1, 0.15) is 6.42 Å². The molecule has 0 amide bonds. The third kappa shape index (κ3) is 2.82. The zero-order valence-electron chi connectivity index (χ0n) is 9.13. The Morgan fingerprint density at radius 2 is 2.53 bits per heavy atom. The van der Waals surface area contributed by atoms with Crippen molar-refractivity contribution in [3.05, 3.63) is 22.7 Å². The molecule has 0 radical (unpaired) electrons. The van der Waals surface area contributed by atoms with Crippen LogP contribution < -0.4 is 10.5 Å². The number of nitrogens with zero attached hydrogens (tertiary/aromatic N) is 2. The zero-order chi connectivity index (χ0) is 12.3. The Labute approximate surface area is 97.0 Å². The van der Waals surface area contributed by atoms with Crippen molar-refractivity contribution in [2.24, 2.45) is 0 Å². The van der Waals surface area contributed by atoms with E-state index in [1.807, 2.05) is 0 Å². The molecule has 1 aliphatic heterocycles. The van der Waals surface area contributed by atoms with E-state index in [4.69, 9.17) is 9.84 Å². The summed E-state index contributed by atoms with van der Waals surface area (Å²) < 4.78 is 5.32. The summed E-state index contributed by atoms with van der Waals surface area (Å²) in [5, 5.41) is 8.70. The van der Waals surface area contributed by atoms with Gasteiger partial charge in [0.2, 0.25) is 0 Å². The second kappa shape index (κ2) is 4.96. The minimum atomic E-state index is -0.910. The van der Waals surface area contributed by atoms with Gasteiger partial charge in [-0.05, 0) is 0 Å². The lowest BCUT2D eigenvalue weighted by Crippen LogP contribution is -2.45. The molecule has 7 heteroatoms. The first-order valence-corrected chi connectivity index (χ1v) is 5.29. The van der Waals surface area contributed by atoms with Gasteiger partial charge in [0, 0.05) is 25.5 Å². The van der Waals surface area contributed by atoms with Crippen LogP contribution in [0.15, 0.2) is 17.2 Å². The van der Waals surface area contributed by atoms with Crippen LogP contribution >= 0.6 is 0 Å². The highest BCUT2D eigenvalue weighted by Gasteiger charge is 2.24. The second-order valence-corrected chi connectivity index (χ2v) is 3.78. The van der Waals surface area contributed by atoms with Gasteiger partial charge in [-0.3, -0.25) is 9.59 Å². The molecule has 1 unspecified atom stereocenters. The molecule has 7 nitrogen and oxygen atoms in total. The minimum Gasteiger partial charge on any atom is -0.481 e. The number of carboxylic acids is 1. The van der Waals surface area contributed by atoms with Gasteiger partial charge in [0.15, 0.2) is 5.82 Å². The summed E-state index contributed by atoms with van der Waals surface area (Å²) in [7, 11) is 0. The standard InChI is InChI=1S/C10H13N3O4/c14-8(15)5-7-6-13(3-4-17-7)9-10(16)12-2-1-11-9/h1-2,7H,3-6H2,(H,12,16)(H,14,15). The minimum absolute atomic E-state index is 0.0682. The van der Waals surface area contributed by atoms with Crippen LogP contribution in [0.3, 0.4) is 0 Å². The monoisotopic (exact) mass is 239 g/mol. The number of ether oxygens (including phenoxy) is 1. The van der Waals surface area contributed by atoms with Crippen LogP contribution in [-0.4, -0.2) is 46.8 Å². The number of H-pyrrole nitrogens is 1. The molecule has 0 saturated carbocycles. The number of rotatable bonds is 3. The molecule has 2 rings (SSSR count). The highest BCUT2D eigenvalue weighted by molar-refractivity contribution is 5.67. The molecule has 1 saturated heterocycles. The second-order valence-electron chi connectivity index (χ2n) is 3.78. The maximum atomic E-state index is 11.5. The third-order valence-corrected chi connectivity index (χ3v) is 2.53. The average molecular weight is 239 g/mol. The molecule has 17 heavy (non-hydrogen) atoms. The summed E-state index contributed by atoms with van der Waals surface area (Å²) in [6, 6.07) is 0. The number of aliphatic carboxylic acids is 1. The van der Waals surface area contributed by atoms with Crippen molar-refractivity contribution in [2.45, 2.75) is 12.5 Å². The first kappa shape index (κ1) is 11.6. The number of nitrogens with one attached hydrogen (secondary N) is 1. The predicted octanol–water partition coefficient (Wildman–Crippen LogP) is -0.550. The summed E-state index contributed by atoms with van der Waals surface area (Å²) in [5.41, 5.74) is -0.275. The van der Waals surface area contributed by atoms with E-state index in [1.165, 1.54) is 12.4 Å². The van der Waals surface area contributed by atoms with E-state index in [-0.39, 0.29) is 12.0 Å². The molecule has 1 fully saturated rings. The van der Waals surface area contributed by atoms with Crippen LogP contribution in [0.5, 0.6) is 0 Å².